The number of hydrogen-bond donors (Lipinski definition) is 5. The van der Waals surface area contributed by atoms with Crippen LogP contribution in [0, 0.1) is 6.08 Å². The Morgan fingerprint density at radius 3 is 1.94 bits per heavy atom. The first-order chi connectivity index (χ1) is 28.5. The normalized spacial score (nSPS) is 11.6. The quantitative estimate of drug-likeness (QED) is 0.00465. The van der Waals surface area contributed by atoms with Gasteiger partial charge in [0, 0.05) is 11.4 Å². The van der Waals surface area contributed by atoms with E-state index in [1.165, 1.54) is 24.3 Å². The molecule has 0 fully saturated rings. The van der Waals surface area contributed by atoms with Crippen LogP contribution in [0.1, 0.15) is 0 Å². The molecule has 5 aromatic rings. The fourth-order valence-corrected chi connectivity index (χ4v) is 7.66. The number of halogens is 3. The van der Waals surface area contributed by atoms with E-state index in [1.807, 2.05) is 0 Å². The molecule has 0 atom stereocenters. The van der Waals surface area contributed by atoms with Crippen molar-refractivity contribution in [1.29, 1.82) is 0 Å². The Labute approximate surface area is 486 Å². The largest absolute Gasteiger partial charge is 1.00 e. The molecular weight excluding hydrogens is 1260 g/mol. The maximum absolute atomic E-state index is 14.5. The summed E-state index contributed by atoms with van der Waals surface area (Å²) in [4.78, 5) is 9.02. The van der Waals surface area contributed by atoms with Crippen molar-refractivity contribution in [2.45, 2.75) is 14.7 Å². The molecule has 0 saturated carbocycles. The van der Waals surface area contributed by atoms with E-state index in [9.17, 15) is 62.1 Å². The topological polar surface area (TPSA) is 376 Å². The minimum Gasteiger partial charge on any atom is 1.00 e. The van der Waals surface area contributed by atoms with Gasteiger partial charge in [0.2, 0.25) is 22.3 Å². The molecule has 0 aliphatic rings. The van der Waals surface area contributed by atoms with Gasteiger partial charge in [-0.15, -0.1) is 10.2 Å². The Bertz CT molecular complexity index is 2890. The molecule has 4 aromatic carbocycles. The third kappa shape index (κ3) is 21.1. The number of aromatic hydroxyl groups is 1. The smallest absolute Gasteiger partial charge is 1.00 e. The average Bonchev–Trinajstić information content (AvgIpc) is 3.15. The Balaban J connectivity index is 0.00000569. The van der Waals surface area contributed by atoms with Crippen molar-refractivity contribution < 1.29 is 210 Å². The van der Waals surface area contributed by atoms with E-state index in [0.29, 0.717) is 18.1 Å². The monoisotopic (exact) mass is 1280 g/mol. The van der Waals surface area contributed by atoms with Crippen LogP contribution in [0.5, 0.6) is 5.75 Å². The number of thiol groups is 1. The third-order valence-electron chi connectivity index (χ3n) is 7.13. The molecule has 0 bridgehead atoms. The molecule has 4 N–H and O–H groups in total. The van der Waals surface area contributed by atoms with E-state index in [2.05, 4.69) is 83.1 Å². The second-order valence-electron chi connectivity index (χ2n) is 11.0. The minimum atomic E-state index is -5.26. The van der Waals surface area contributed by atoms with E-state index in [0.717, 1.165) is 36.4 Å². The van der Waals surface area contributed by atoms with Crippen molar-refractivity contribution in [3.8, 4) is 5.75 Å². The molecule has 0 spiro atoms. The molecule has 65 heavy (non-hydrogen) atoms. The van der Waals surface area contributed by atoms with Crippen LogP contribution < -0.4 is 155 Å². The molecule has 1 aromatic heterocycles. The Hall–Kier alpha value is 0.560. The summed E-state index contributed by atoms with van der Waals surface area (Å²) < 4.78 is 151. The van der Waals surface area contributed by atoms with Crippen LogP contribution in [-0.2, 0) is 54.0 Å². The van der Waals surface area contributed by atoms with Gasteiger partial charge in [-0.3, -0.25) is 9.22 Å². The number of azo groups is 1. The van der Waals surface area contributed by atoms with Gasteiger partial charge in [-0.2, -0.15) is 23.7 Å². The van der Waals surface area contributed by atoms with Crippen molar-refractivity contribution in [1.82, 2.24) is 15.0 Å². The zero-order chi connectivity index (χ0) is 45.2. The maximum atomic E-state index is 14.5. The van der Waals surface area contributed by atoms with Gasteiger partial charge in [-0.1, -0.05) is 6.07 Å². The number of phenols is 1. The first kappa shape index (κ1) is 65.6. The molecule has 24 nitrogen and oxygen atoms in total. The van der Waals surface area contributed by atoms with Crippen LogP contribution in [0.15, 0.2) is 91.6 Å². The van der Waals surface area contributed by atoms with E-state index >= 15 is 0 Å². The van der Waals surface area contributed by atoms with Crippen LogP contribution in [-0.4, -0.2) is 85.6 Å². The van der Waals surface area contributed by atoms with E-state index in [4.69, 9.17) is 0 Å². The number of anilines is 5. The van der Waals surface area contributed by atoms with E-state index < -0.39 is 92.0 Å². The Morgan fingerprint density at radius 2 is 1.38 bits per heavy atom. The summed E-state index contributed by atoms with van der Waals surface area (Å²) in [6, 6.07) is 11.6. The van der Waals surface area contributed by atoms with E-state index in [-0.39, 0.29) is 178 Å². The van der Waals surface area contributed by atoms with Crippen molar-refractivity contribution >= 4 is 132 Å². The van der Waals surface area contributed by atoms with Gasteiger partial charge in [-0.05, 0) is 66.0 Å². The molecule has 5 rings (SSSR count). The van der Waals surface area contributed by atoms with Crippen LogP contribution in [0.25, 0.3) is 10.8 Å². The van der Waals surface area contributed by atoms with E-state index in [1.54, 1.807) is 0 Å². The molecule has 0 radical (unpaired) electrons. The number of aromatic nitrogens is 3. The predicted octanol–water partition coefficient (Wildman–Crippen LogP) is -11.6. The maximum Gasteiger partial charge on any atom is 1.00 e. The van der Waals surface area contributed by atoms with Gasteiger partial charge in [0.25, 0.3) is 0 Å². The summed E-state index contributed by atoms with van der Waals surface area (Å²) in [6.07, 6.45) is -1.33. The van der Waals surface area contributed by atoms with Gasteiger partial charge < -0.3 is 40.0 Å². The molecule has 0 unspecified atom stereocenters. The number of hydrogen-bond acceptors (Lipinski definition) is 26. The summed E-state index contributed by atoms with van der Waals surface area (Å²) in [5, 5.41) is 39.8. The molecule has 332 valence electrons. The number of nitrogens with zero attached hydrogens (tertiary/aromatic N) is 5. The predicted molar refractivity (Wildman–Crippen MR) is 214 cm³/mol. The Morgan fingerprint density at radius 1 is 0.800 bits per heavy atom. The number of fused-ring (bicyclic) bond motifs is 1. The summed E-state index contributed by atoms with van der Waals surface area (Å²) in [5.74, 6) is -2.72. The van der Waals surface area contributed by atoms with Gasteiger partial charge >= 0.3 is 169 Å². The first-order valence-electron chi connectivity index (χ1n) is 15.4. The molecule has 0 amide bonds. The van der Waals surface area contributed by atoms with Crippen LogP contribution in [0.2, 0.25) is 0 Å². The fourth-order valence-electron chi connectivity index (χ4n) is 4.76. The van der Waals surface area contributed by atoms with Crippen molar-refractivity contribution in [3.63, 3.8) is 0 Å². The third-order valence-corrected chi connectivity index (χ3v) is 11.4. The second kappa shape index (κ2) is 29.8. The van der Waals surface area contributed by atoms with Gasteiger partial charge in [0.15, 0.2) is 9.84 Å². The number of phenolic OH excluding ortho intramolecular Hbond substituents is 1. The van der Waals surface area contributed by atoms with Crippen LogP contribution in [0.3, 0.4) is 0 Å². The molecule has 37 heteroatoms. The Kier molecular flexibility index (Phi) is 30.1. The van der Waals surface area contributed by atoms with Gasteiger partial charge in [0.1, 0.15) is 37.4 Å². The van der Waals surface area contributed by atoms with Crippen molar-refractivity contribution in [2.24, 2.45) is 10.2 Å². The number of nitrogens with one attached hydrogen (secondary N) is 3. The standard InChI is InChI=1S/C28H25FN8O16S5.HI2S.4Na/c29-26-33-27(31-16-2-5-18(6-3-16)55(40,41)10-9-51-58(48,49)50)35-28(34-26)32-17-4-8-23(57(45,46)47)21(12-17)36-37-25-20(30-14-54-53-52-39)7-1-15-11-19(56(42,43)44)13-22(38)24(15)25;1-2-3;;;;/h1-8,11-13,30,38-39H,9-10,14H2,(H,42,43,44)(H,45,46,47)(H,48,49,50)(H2,31,32,33,34,35);3H;;;;/q;-1;4*+1/p-4. The SMILES string of the molecule is O=S(=O)([O-])OCCS(=O)(=O)c1ccc(Nc2nc(F)nc(Nc3ccc(S(=O)(=O)[O-])c(N=Nc4c(NCSOO[O-])ccc5cc(S(=O)(=O)[O-])cc(O)c45)c3)n2)cc1.S[I-]I.[Na+].[Na+].[Na+].[Na+]. The summed E-state index contributed by atoms with van der Waals surface area (Å²) in [5.41, 5.74) is -0.858. The summed E-state index contributed by atoms with van der Waals surface area (Å²) in [6.45, 7) is -0.918. The zero-order valence-electron chi connectivity index (χ0n) is 33.4. The van der Waals surface area contributed by atoms with Crippen molar-refractivity contribution in [2.75, 3.05) is 34.2 Å². The number of benzene rings is 4. The van der Waals surface area contributed by atoms with Gasteiger partial charge in [-0.25, -0.2) is 33.7 Å². The second-order valence-corrected chi connectivity index (χ2v) is 26.1. The molecule has 0 aliphatic carbocycles. The van der Waals surface area contributed by atoms with Gasteiger partial charge in [0.05, 0.1) is 56.0 Å². The first-order valence-corrected chi connectivity index (χ1v) is 31.7. The summed E-state index contributed by atoms with van der Waals surface area (Å²) in [7, 11) is -15.6. The minimum absolute atomic E-state index is 0. The molecule has 0 aliphatic heterocycles. The van der Waals surface area contributed by atoms with Crippen LogP contribution >= 0.6 is 40.5 Å². The molecule has 0 saturated heterocycles. The fraction of sp³-hybridized carbons (Fsp3) is 0.107. The number of rotatable bonds is 18. The average molecular weight is 1280 g/mol. The summed E-state index contributed by atoms with van der Waals surface area (Å²) >= 11 is 2.99. The van der Waals surface area contributed by atoms with Crippen molar-refractivity contribution in [3.05, 3.63) is 72.8 Å². The number of sulfone groups is 1. The zero-order valence-corrected chi connectivity index (χ0v) is 50.7. The molecule has 1 heterocycles. The molecular formula is C28H22FI2N8Na4O16S6-. The van der Waals surface area contributed by atoms with Crippen LogP contribution in [0.4, 0.5) is 44.7 Å².